The van der Waals surface area contributed by atoms with Gasteiger partial charge in [-0.2, -0.15) is 0 Å². The highest BCUT2D eigenvalue weighted by atomic mass is 35.5. The Balaban J connectivity index is 2.48. The van der Waals surface area contributed by atoms with E-state index in [-0.39, 0.29) is 18.4 Å². The standard InChI is InChI=1S/C14H19ClN2O3/c1-4-20-13(18)7-8-17(3)14(19)16-11-6-5-10(2)12(15)9-11/h5-6,9H,4,7-8H2,1-3H3,(H,16,19). The molecule has 0 spiro atoms. The quantitative estimate of drug-likeness (QED) is 0.850. The highest BCUT2D eigenvalue weighted by Gasteiger charge is 2.11. The van der Waals surface area contributed by atoms with Gasteiger partial charge < -0.3 is 15.0 Å². The summed E-state index contributed by atoms with van der Waals surface area (Å²) in [5.74, 6) is -0.314. The Hall–Kier alpha value is -1.75. The lowest BCUT2D eigenvalue weighted by Gasteiger charge is -2.17. The number of aryl methyl sites for hydroxylation is 1. The van der Waals surface area contributed by atoms with Gasteiger partial charge >= 0.3 is 12.0 Å². The van der Waals surface area contributed by atoms with Gasteiger partial charge in [0.15, 0.2) is 0 Å². The molecule has 1 rings (SSSR count). The third-order valence-electron chi connectivity index (χ3n) is 2.73. The normalized spacial score (nSPS) is 10.0. The summed E-state index contributed by atoms with van der Waals surface area (Å²) in [6, 6.07) is 5.00. The first-order chi connectivity index (χ1) is 9.43. The fourth-order valence-corrected chi connectivity index (χ4v) is 1.66. The predicted molar refractivity (Wildman–Crippen MR) is 79.1 cm³/mol. The fourth-order valence-electron chi connectivity index (χ4n) is 1.48. The zero-order chi connectivity index (χ0) is 15.1. The summed E-state index contributed by atoms with van der Waals surface area (Å²) in [7, 11) is 1.62. The molecule has 0 aliphatic rings. The number of ether oxygens (including phenoxy) is 1. The summed E-state index contributed by atoms with van der Waals surface area (Å²) in [5, 5.41) is 3.31. The van der Waals surface area contributed by atoms with Crippen LogP contribution in [0.25, 0.3) is 0 Å². The number of hydrogen-bond donors (Lipinski definition) is 1. The molecule has 0 fully saturated rings. The smallest absolute Gasteiger partial charge is 0.321 e. The number of benzene rings is 1. The van der Waals surface area contributed by atoms with Crippen LogP contribution in [0, 0.1) is 6.92 Å². The molecular weight excluding hydrogens is 280 g/mol. The van der Waals surface area contributed by atoms with Crippen molar-refractivity contribution >= 4 is 29.3 Å². The summed E-state index contributed by atoms with van der Waals surface area (Å²) in [6.07, 6.45) is 0.173. The molecule has 1 aromatic carbocycles. The van der Waals surface area contributed by atoms with E-state index in [2.05, 4.69) is 5.32 Å². The van der Waals surface area contributed by atoms with Crippen molar-refractivity contribution in [3.05, 3.63) is 28.8 Å². The Morgan fingerprint density at radius 1 is 1.40 bits per heavy atom. The van der Waals surface area contributed by atoms with E-state index in [1.165, 1.54) is 4.90 Å². The molecule has 0 aliphatic carbocycles. The van der Waals surface area contributed by atoms with E-state index in [1.54, 1.807) is 26.1 Å². The first-order valence-electron chi connectivity index (χ1n) is 6.38. The lowest BCUT2D eigenvalue weighted by atomic mass is 10.2. The van der Waals surface area contributed by atoms with E-state index in [9.17, 15) is 9.59 Å². The molecule has 6 heteroatoms. The lowest BCUT2D eigenvalue weighted by Crippen LogP contribution is -2.33. The second-order valence-electron chi connectivity index (χ2n) is 4.37. The van der Waals surface area contributed by atoms with Crippen molar-refractivity contribution < 1.29 is 14.3 Å². The molecule has 110 valence electrons. The summed E-state index contributed by atoms with van der Waals surface area (Å²) in [6.45, 7) is 4.27. The molecular formula is C14H19ClN2O3. The van der Waals surface area contributed by atoms with Crippen molar-refractivity contribution in [1.29, 1.82) is 0 Å². The molecule has 0 unspecified atom stereocenters. The molecule has 0 aliphatic heterocycles. The molecule has 5 nitrogen and oxygen atoms in total. The van der Waals surface area contributed by atoms with Crippen LogP contribution in [0.1, 0.15) is 18.9 Å². The van der Waals surface area contributed by atoms with Crippen LogP contribution in [0.5, 0.6) is 0 Å². The van der Waals surface area contributed by atoms with Crippen LogP contribution in [0.2, 0.25) is 5.02 Å². The van der Waals surface area contributed by atoms with Crippen LogP contribution in [0.15, 0.2) is 18.2 Å². The number of carbonyl (C=O) groups is 2. The van der Waals surface area contributed by atoms with Crippen molar-refractivity contribution in [3.8, 4) is 0 Å². The maximum Gasteiger partial charge on any atom is 0.321 e. The van der Waals surface area contributed by atoms with E-state index < -0.39 is 0 Å². The van der Waals surface area contributed by atoms with E-state index in [0.29, 0.717) is 23.9 Å². The van der Waals surface area contributed by atoms with Crippen LogP contribution in [0.4, 0.5) is 10.5 Å². The number of urea groups is 1. The molecule has 20 heavy (non-hydrogen) atoms. The van der Waals surface area contributed by atoms with Gasteiger partial charge in [-0.05, 0) is 31.5 Å². The van der Waals surface area contributed by atoms with E-state index >= 15 is 0 Å². The Bertz CT molecular complexity index is 491. The number of rotatable bonds is 5. The summed E-state index contributed by atoms with van der Waals surface area (Å²) < 4.78 is 4.80. The van der Waals surface area contributed by atoms with E-state index in [4.69, 9.17) is 16.3 Å². The molecule has 0 saturated heterocycles. The van der Waals surface area contributed by atoms with Crippen LogP contribution in [-0.4, -0.2) is 37.1 Å². The minimum atomic E-state index is -0.314. The minimum Gasteiger partial charge on any atom is -0.466 e. The van der Waals surface area contributed by atoms with Gasteiger partial charge in [0.05, 0.1) is 13.0 Å². The predicted octanol–water partition coefficient (Wildman–Crippen LogP) is 3.07. The zero-order valence-corrected chi connectivity index (χ0v) is 12.7. The SMILES string of the molecule is CCOC(=O)CCN(C)C(=O)Nc1ccc(C)c(Cl)c1. The zero-order valence-electron chi connectivity index (χ0n) is 11.9. The Morgan fingerprint density at radius 2 is 2.10 bits per heavy atom. The van der Waals surface area contributed by atoms with Gasteiger partial charge in [0.25, 0.3) is 0 Å². The summed E-state index contributed by atoms with van der Waals surface area (Å²) >= 11 is 5.99. The molecule has 2 amide bonds. The van der Waals surface area contributed by atoms with Crippen molar-refractivity contribution in [2.75, 3.05) is 25.5 Å². The van der Waals surface area contributed by atoms with Crippen LogP contribution < -0.4 is 5.32 Å². The molecule has 0 heterocycles. The van der Waals surface area contributed by atoms with Crippen LogP contribution in [-0.2, 0) is 9.53 Å². The second-order valence-corrected chi connectivity index (χ2v) is 4.78. The Kier molecular flexibility index (Phi) is 6.31. The Morgan fingerprint density at radius 3 is 2.70 bits per heavy atom. The summed E-state index contributed by atoms with van der Waals surface area (Å²) in [4.78, 5) is 24.5. The van der Waals surface area contributed by atoms with Gasteiger partial charge in [-0.25, -0.2) is 4.79 Å². The topological polar surface area (TPSA) is 58.6 Å². The number of esters is 1. The molecule has 0 radical (unpaired) electrons. The average molecular weight is 299 g/mol. The second kappa shape index (κ2) is 7.75. The Labute approximate surface area is 123 Å². The highest BCUT2D eigenvalue weighted by molar-refractivity contribution is 6.31. The van der Waals surface area contributed by atoms with Gasteiger partial charge in [0, 0.05) is 24.3 Å². The van der Waals surface area contributed by atoms with Crippen molar-refractivity contribution in [3.63, 3.8) is 0 Å². The molecule has 1 aromatic rings. The minimum absolute atomic E-state index is 0.173. The largest absolute Gasteiger partial charge is 0.466 e. The lowest BCUT2D eigenvalue weighted by molar-refractivity contribution is -0.143. The first kappa shape index (κ1) is 16.3. The van der Waals surface area contributed by atoms with Gasteiger partial charge in [0.2, 0.25) is 0 Å². The number of anilines is 1. The van der Waals surface area contributed by atoms with Crippen molar-refractivity contribution in [1.82, 2.24) is 4.90 Å². The van der Waals surface area contributed by atoms with Gasteiger partial charge in [-0.1, -0.05) is 17.7 Å². The van der Waals surface area contributed by atoms with Crippen molar-refractivity contribution in [2.24, 2.45) is 0 Å². The van der Waals surface area contributed by atoms with Gasteiger partial charge in [-0.15, -0.1) is 0 Å². The maximum atomic E-state index is 11.9. The maximum absolute atomic E-state index is 11.9. The first-order valence-corrected chi connectivity index (χ1v) is 6.75. The molecule has 0 bridgehead atoms. The third kappa shape index (κ3) is 5.09. The number of nitrogens with zero attached hydrogens (tertiary/aromatic N) is 1. The van der Waals surface area contributed by atoms with E-state index in [1.807, 2.05) is 13.0 Å². The van der Waals surface area contributed by atoms with Gasteiger partial charge in [0.1, 0.15) is 0 Å². The van der Waals surface area contributed by atoms with Crippen LogP contribution in [0.3, 0.4) is 0 Å². The highest BCUT2D eigenvalue weighted by Crippen LogP contribution is 2.20. The average Bonchev–Trinajstić information content (AvgIpc) is 2.40. The number of nitrogens with one attached hydrogen (secondary N) is 1. The fraction of sp³-hybridized carbons (Fsp3) is 0.429. The van der Waals surface area contributed by atoms with Crippen molar-refractivity contribution in [2.45, 2.75) is 20.3 Å². The van der Waals surface area contributed by atoms with E-state index in [0.717, 1.165) is 5.56 Å². The molecule has 0 atom stereocenters. The third-order valence-corrected chi connectivity index (χ3v) is 3.13. The summed E-state index contributed by atoms with van der Waals surface area (Å²) in [5.41, 5.74) is 1.56. The molecule has 0 aromatic heterocycles. The number of amides is 2. The number of hydrogen-bond acceptors (Lipinski definition) is 3. The number of halogens is 1. The molecule has 1 N–H and O–H groups in total. The monoisotopic (exact) mass is 298 g/mol. The van der Waals surface area contributed by atoms with Gasteiger partial charge in [-0.3, -0.25) is 4.79 Å². The molecule has 0 saturated carbocycles. The van der Waals surface area contributed by atoms with Crippen LogP contribution >= 0.6 is 11.6 Å². The number of carbonyl (C=O) groups excluding carboxylic acids is 2.